The summed E-state index contributed by atoms with van der Waals surface area (Å²) in [6.45, 7) is 41.0. The highest BCUT2D eigenvalue weighted by Gasteiger charge is 2.40. The summed E-state index contributed by atoms with van der Waals surface area (Å²) in [5.74, 6) is 15.7. The second-order valence-electron chi connectivity index (χ2n) is 42.0. The number of aromatic hydroxyl groups is 5. The van der Waals surface area contributed by atoms with E-state index in [1.807, 2.05) is 81.4 Å². The van der Waals surface area contributed by atoms with Crippen molar-refractivity contribution in [3.63, 3.8) is 0 Å². The molecule has 5 N–H and O–H groups in total. The first-order chi connectivity index (χ1) is 65.0. The molecule has 0 unspecified atom stereocenters. The summed E-state index contributed by atoms with van der Waals surface area (Å²) < 4.78 is 89.7. The summed E-state index contributed by atoms with van der Waals surface area (Å²) in [5.41, 5.74) is 15.9. The van der Waals surface area contributed by atoms with Gasteiger partial charge in [-0.3, -0.25) is 0 Å². The lowest BCUT2D eigenvalue weighted by Crippen LogP contribution is -2.33. The Morgan fingerprint density at radius 3 is 0.794 bits per heavy atom. The lowest BCUT2D eigenvalue weighted by Gasteiger charge is -2.35. The zero-order chi connectivity index (χ0) is 96.1. The van der Waals surface area contributed by atoms with Gasteiger partial charge in [0.15, 0.2) is 0 Å². The van der Waals surface area contributed by atoms with E-state index < -0.39 is 0 Å². The molecule has 0 spiro atoms. The van der Waals surface area contributed by atoms with Gasteiger partial charge in [0.05, 0.1) is 65.6 Å². The molecule has 0 aliphatic carbocycles. The number of phenolic OH excluding ortho intramolecular Hbond substituents is 5. The number of phenols is 5. The number of hydrogen-bond acceptors (Lipinski definition) is 20. The van der Waals surface area contributed by atoms with Crippen LogP contribution in [0.2, 0.25) is 0 Å². The third-order valence-corrected chi connectivity index (χ3v) is 27.5. The van der Waals surface area contributed by atoms with Gasteiger partial charge in [-0.05, 0) is 294 Å². The minimum atomic E-state index is -0.121. The topological polar surface area (TPSA) is 240 Å². The van der Waals surface area contributed by atoms with Crippen LogP contribution in [-0.4, -0.2) is 119 Å². The molecule has 5 atom stereocenters. The van der Waals surface area contributed by atoms with Crippen molar-refractivity contribution >= 4 is 0 Å². The van der Waals surface area contributed by atoms with Gasteiger partial charge in [-0.25, -0.2) is 0 Å². The first kappa shape index (κ1) is 97.3. The highest BCUT2D eigenvalue weighted by Crippen LogP contribution is 2.53. The fourth-order valence-corrected chi connectivity index (χ4v) is 20.1. The fourth-order valence-electron chi connectivity index (χ4n) is 20.1. The van der Waals surface area contributed by atoms with Crippen LogP contribution in [0.1, 0.15) is 282 Å². The number of unbranched alkanes of at least 4 members (excludes halogenated alkanes) is 1. The highest BCUT2D eigenvalue weighted by molar-refractivity contribution is 5.60. The third kappa shape index (κ3) is 23.0. The summed E-state index contributed by atoms with van der Waals surface area (Å²) in [5, 5.41) is 52.5. The van der Waals surface area contributed by atoms with E-state index in [1.54, 1.807) is 30.3 Å². The first-order valence-electron chi connectivity index (χ1n) is 49.7. The molecule has 10 aliphatic heterocycles. The number of fused-ring (bicyclic) bond motifs is 15. The van der Waals surface area contributed by atoms with E-state index >= 15 is 0 Å². The molecule has 0 saturated carbocycles. The van der Waals surface area contributed by atoms with Crippen molar-refractivity contribution in [2.24, 2.45) is 5.92 Å². The van der Waals surface area contributed by atoms with Gasteiger partial charge in [-0.2, -0.15) is 0 Å². The number of ether oxygens (including phenoxy) is 15. The van der Waals surface area contributed by atoms with Crippen molar-refractivity contribution in [2.75, 3.05) is 59.5 Å². The molecule has 0 amide bonds. The Hall–Kier alpha value is -11.8. The van der Waals surface area contributed by atoms with E-state index in [2.05, 4.69) is 158 Å². The van der Waals surface area contributed by atoms with E-state index in [4.69, 9.17) is 71.1 Å². The Labute approximate surface area is 804 Å². The second-order valence-corrected chi connectivity index (χ2v) is 42.0. The van der Waals surface area contributed by atoms with Crippen LogP contribution in [0.25, 0.3) is 0 Å². The van der Waals surface area contributed by atoms with Crippen LogP contribution in [0.5, 0.6) is 115 Å². The minimum absolute atomic E-state index is 0.0820. The van der Waals surface area contributed by atoms with Gasteiger partial charge >= 0.3 is 0 Å². The zero-order valence-electron chi connectivity index (χ0n) is 82.9. The molecule has 0 aromatic heterocycles. The van der Waals surface area contributed by atoms with Gasteiger partial charge in [0.25, 0.3) is 0 Å². The smallest absolute Gasteiger partial charge is 0.129 e. The van der Waals surface area contributed by atoms with Crippen molar-refractivity contribution in [3.05, 3.63) is 235 Å². The molecule has 0 fully saturated rings. The zero-order valence-corrected chi connectivity index (χ0v) is 82.9. The Morgan fingerprint density at radius 2 is 0.551 bits per heavy atom. The average molecular weight is 1860 g/mol. The molecule has 10 aromatic rings. The molecule has 0 radical (unpaired) electrons. The van der Waals surface area contributed by atoms with Crippen LogP contribution in [0, 0.1) is 5.92 Å². The molecule has 20 heteroatoms. The van der Waals surface area contributed by atoms with E-state index in [0.717, 1.165) is 207 Å². The summed E-state index contributed by atoms with van der Waals surface area (Å²) in [7, 11) is 0. The Balaban J connectivity index is 0.000000123. The van der Waals surface area contributed by atoms with Gasteiger partial charge in [0.2, 0.25) is 0 Å². The standard InChI is InChI=1S/2C24H30O4.2C23H28O4.C22H26O4/c1-15(2)13-26-18-6-7-19(21(25)12-18)17-11-16-5-8-22-20(23(16)27-14-17)9-10-24(3,4)28-22;1-4-5-12-26-18-7-8-19(21(25)14-18)17-13-16-6-9-22-20(23(16)27-15-17)10-11-24(2,3)28-22;1-14(2)26-17-6-7-18(20(24)12-17)16-11-15-5-8-21-19(22(15)25-13-16)9-10-23(3,4)27-21;1-4-11-25-17-6-7-18(20(24)13-17)16-12-15-5-8-21-19(22(15)26-14-16)9-10-23(2,3)27-21;1-4-24-16-6-7-17(19(23)12-16)15-11-14-5-8-20-18(21(14)25-13-15)9-10-22(2,3)26-20/h5-8,12,15,17,25H,9-11,13-14H2,1-4H3;6-9,14,17,25H,4-5,10-13,15H2,1-3H3;5-8,12,14,16,24H,9-11,13H2,1-4H3;5-8,13,16,24H,4,9-12,14H2,1-3H3;5-8,12,15,23H,4,9-11,13H2,1-3H3/t2*17-;2*16-;15-/m11111/s1. The van der Waals surface area contributed by atoms with Crippen LogP contribution in [-0.2, 0) is 64.2 Å². The fraction of sp³-hybridized carbons (Fsp3) is 0.483. The van der Waals surface area contributed by atoms with E-state index in [0.29, 0.717) is 88.4 Å². The molecule has 726 valence electrons. The molecule has 10 heterocycles. The van der Waals surface area contributed by atoms with Crippen molar-refractivity contribution in [2.45, 2.75) is 297 Å². The lowest BCUT2D eigenvalue weighted by atomic mass is 9.86. The van der Waals surface area contributed by atoms with Gasteiger partial charge in [0, 0.05) is 116 Å². The maximum atomic E-state index is 10.6. The van der Waals surface area contributed by atoms with E-state index in [9.17, 15) is 25.5 Å². The molecule has 0 bridgehead atoms. The largest absolute Gasteiger partial charge is 0.508 e. The molecular weight excluding hydrogens is 1710 g/mol. The van der Waals surface area contributed by atoms with Crippen molar-refractivity contribution in [1.82, 2.24) is 0 Å². The highest BCUT2D eigenvalue weighted by atomic mass is 16.5. The van der Waals surface area contributed by atoms with Crippen molar-refractivity contribution in [3.8, 4) is 115 Å². The van der Waals surface area contributed by atoms with Crippen LogP contribution < -0.4 is 71.1 Å². The van der Waals surface area contributed by atoms with Crippen molar-refractivity contribution < 1.29 is 96.6 Å². The average Bonchev–Trinajstić information content (AvgIpc) is 0.781. The number of benzene rings is 10. The predicted molar refractivity (Wildman–Crippen MR) is 531 cm³/mol. The quantitative estimate of drug-likeness (QED) is 0.0473. The van der Waals surface area contributed by atoms with E-state index in [1.165, 1.54) is 55.6 Å². The van der Waals surface area contributed by atoms with E-state index in [-0.39, 0.29) is 92.4 Å². The monoisotopic (exact) mass is 1860 g/mol. The summed E-state index contributed by atoms with van der Waals surface area (Å²) in [6, 6.07) is 48.9. The normalized spacial score (nSPS) is 20.1. The number of rotatable bonds is 19. The molecule has 20 rings (SSSR count). The molecule has 0 saturated heterocycles. The predicted octanol–water partition coefficient (Wildman–Crippen LogP) is 25.3. The van der Waals surface area contributed by atoms with Crippen LogP contribution in [0.4, 0.5) is 0 Å². The minimum Gasteiger partial charge on any atom is -0.508 e. The summed E-state index contributed by atoms with van der Waals surface area (Å²) >= 11 is 0. The maximum Gasteiger partial charge on any atom is 0.129 e. The molecule has 10 aliphatic rings. The van der Waals surface area contributed by atoms with Gasteiger partial charge in [-0.1, -0.05) is 94.8 Å². The van der Waals surface area contributed by atoms with Gasteiger partial charge in [-0.15, -0.1) is 0 Å². The lowest BCUT2D eigenvalue weighted by molar-refractivity contribution is 0.0822. The number of hydrogen-bond donors (Lipinski definition) is 5. The Morgan fingerprint density at radius 1 is 0.301 bits per heavy atom. The van der Waals surface area contributed by atoms with Crippen LogP contribution in [0.15, 0.2) is 152 Å². The Kier molecular flexibility index (Phi) is 29.5. The SMILES string of the molecule is CC(C)COc1ccc([C@H]2COc3c(ccc4c3CCC(C)(C)O4)C2)c(O)c1.CC(C)Oc1ccc([C@H]2COc3c(ccc4c3CCC(C)(C)O4)C2)c(O)c1.CCCCOc1ccc([C@H]2COc3c(ccc4c3CCC(C)(C)O4)C2)c(O)c1.CCCOc1ccc([C@H]2COc3c(ccc4c3CCC(C)(C)O4)C2)c(O)c1.CCOc1ccc([C@H]2COc3c(ccc4c3CCC(C)(C)O4)C2)c(O)c1. The van der Waals surface area contributed by atoms with Crippen LogP contribution in [0.3, 0.4) is 0 Å². The molecule has 136 heavy (non-hydrogen) atoms. The molecule has 10 aromatic carbocycles. The second kappa shape index (κ2) is 41.2. The molecule has 20 nitrogen and oxygen atoms in total. The molecular formula is C116H142O20. The third-order valence-electron chi connectivity index (χ3n) is 27.5. The van der Waals surface area contributed by atoms with Gasteiger partial charge in [0.1, 0.15) is 143 Å². The summed E-state index contributed by atoms with van der Waals surface area (Å²) in [4.78, 5) is 0. The first-order valence-corrected chi connectivity index (χ1v) is 49.7. The summed E-state index contributed by atoms with van der Waals surface area (Å²) in [6.07, 6.45) is 17.2. The van der Waals surface area contributed by atoms with Gasteiger partial charge < -0.3 is 96.6 Å². The van der Waals surface area contributed by atoms with Crippen LogP contribution >= 0.6 is 0 Å². The maximum absolute atomic E-state index is 10.6. The van der Waals surface area contributed by atoms with Crippen molar-refractivity contribution in [1.29, 1.82) is 0 Å². The Bertz CT molecular complexity index is 5900.